The first-order valence-corrected chi connectivity index (χ1v) is 6.91. The minimum atomic E-state index is 0.115. The number of carbonyl (C=O) groups excluding carboxylic acids is 1. The number of nitrogens with zero attached hydrogens (tertiary/aromatic N) is 1. The summed E-state index contributed by atoms with van der Waals surface area (Å²) in [7, 11) is 0. The maximum atomic E-state index is 12.0. The lowest BCUT2D eigenvalue weighted by Crippen LogP contribution is -2.25. The number of rotatable bonds is 5. The number of hydrogen-bond donors (Lipinski definition) is 1. The third-order valence-electron chi connectivity index (χ3n) is 3.80. The van der Waals surface area contributed by atoms with Gasteiger partial charge in [0.15, 0.2) is 0 Å². The summed E-state index contributed by atoms with van der Waals surface area (Å²) in [6.45, 7) is 8.62. The van der Waals surface area contributed by atoms with Gasteiger partial charge in [-0.1, -0.05) is 19.4 Å². The number of phenolic OH excluding ortho intramolecular Hbond substituents is 1. The van der Waals surface area contributed by atoms with E-state index in [0.29, 0.717) is 13.0 Å². The molecule has 1 N–H and O–H groups in total. The maximum absolute atomic E-state index is 12.0. The van der Waals surface area contributed by atoms with Crippen LogP contribution in [0.25, 0.3) is 0 Å². The molecular formula is C16H21NO2. The summed E-state index contributed by atoms with van der Waals surface area (Å²) in [6, 6.07) is 3.54. The van der Waals surface area contributed by atoms with Gasteiger partial charge in [-0.3, -0.25) is 4.79 Å². The standard InChI is InChI=1S/C16H21NO2/c1-4-7-11(5-2)16-12-10-15(19)17(6-3)13(12)8-9-14(16)18/h5,8-9,11,18H,2,4,6-7,10H2,1,3H3. The maximum Gasteiger partial charge on any atom is 0.231 e. The highest BCUT2D eigenvalue weighted by Gasteiger charge is 2.31. The highest BCUT2D eigenvalue weighted by molar-refractivity contribution is 6.02. The number of fused-ring (bicyclic) bond motifs is 1. The number of allylic oxidation sites excluding steroid dienone is 1. The van der Waals surface area contributed by atoms with Crippen LogP contribution in [0.2, 0.25) is 0 Å². The fourth-order valence-electron chi connectivity index (χ4n) is 2.91. The quantitative estimate of drug-likeness (QED) is 0.824. The second kappa shape index (κ2) is 5.47. The van der Waals surface area contributed by atoms with Crippen LogP contribution in [0.1, 0.15) is 43.7 Å². The van der Waals surface area contributed by atoms with E-state index in [0.717, 1.165) is 29.7 Å². The largest absolute Gasteiger partial charge is 0.508 e. The fraction of sp³-hybridized carbons (Fsp3) is 0.438. The van der Waals surface area contributed by atoms with Gasteiger partial charge in [-0.15, -0.1) is 6.58 Å². The lowest BCUT2D eigenvalue weighted by molar-refractivity contribution is -0.117. The van der Waals surface area contributed by atoms with E-state index in [9.17, 15) is 9.90 Å². The van der Waals surface area contributed by atoms with Crippen LogP contribution >= 0.6 is 0 Å². The molecule has 1 aromatic rings. The van der Waals surface area contributed by atoms with Crippen LogP contribution in [0.15, 0.2) is 24.8 Å². The zero-order valence-corrected chi connectivity index (χ0v) is 11.6. The number of likely N-dealkylation sites (N-methyl/N-ethyl adjacent to an activating group) is 1. The normalized spacial score (nSPS) is 15.5. The van der Waals surface area contributed by atoms with Gasteiger partial charge in [0.25, 0.3) is 0 Å². The Morgan fingerprint density at radius 1 is 1.47 bits per heavy atom. The summed E-state index contributed by atoms with van der Waals surface area (Å²) in [4.78, 5) is 13.8. The Bertz CT molecular complexity index is 508. The molecule has 1 atom stereocenters. The molecule has 1 aromatic carbocycles. The molecule has 1 heterocycles. The summed E-state index contributed by atoms with van der Waals surface area (Å²) in [5.74, 6) is 0.510. The van der Waals surface area contributed by atoms with Crippen molar-refractivity contribution in [2.24, 2.45) is 0 Å². The molecule has 102 valence electrons. The van der Waals surface area contributed by atoms with Crippen molar-refractivity contribution < 1.29 is 9.90 Å². The van der Waals surface area contributed by atoms with Crippen LogP contribution in [0.5, 0.6) is 5.75 Å². The lowest BCUT2D eigenvalue weighted by atomic mass is 9.88. The molecule has 0 aromatic heterocycles. The van der Waals surface area contributed by atoms with E-state index in [2.05, 4.69) is 13.5 Å². The van der Waals surface area contributed by atoms with Crippen molar-refractivity contribution in [2.45, 2.75) is 39.0 Å². The Labute approximate surface area is 114 Å². The number of phenols is 1. The van der Waals surface area contributed by atoms with Crippen LogP contribution < -0.4 is 4.90 Å². The number of benzene rings is 1. The summed E-state index contributed by atoms with van der Waals surface area (Å²) in [6.07, 6.45) is 4.22. The van der Waals surface area contributed by atoms with Gasteiger partial charge >= 0.3 is 0 Å². The molecule has 0 spiro atoms. The molecule has 0 fully saturated rings. The minimum Gasteiger partial charge on any atom is -0.508 e. The number of hydrogen-bond acceptors (Lipinski definition) is 2. The van der Waals surface area contributed by atoms with E-state index in [1.54, 1.807) is 11.0 Å². The van der Waals surface area contributed by atoms with E-state index in [1.165, 1.54) is 0 Å². The van der Waals surface area contributed by atoms with Crippen LogP contribution in [0.4, 0.5) is 5.69 Å². The molecule has 0 saturated carbocycles. The average Bonchev–Trinajstić information content (AvgIpc) is 2.72. The molecule has 0 aliphatic carbocycles. The highest BCUT2D eigenvalue weighted by atomic mass is 16.3. The van der Waals surface area contributed by atoms with Gasteiger partial charge in [-0.25, -0.2) is 0 Å². The van der Waals surface area contributed by atoms with E-state index in [4.69, 9.17) is 0 Å². The summed E-state index contributed by atoms with van der Waals surface area (Å²) < 4.78 is 0. The van der Waals surface area contributed by atoms with Crippen LogP contribution in [0, 0.1) is 0 Å². The Kier molecular flexibility index (Phi) is 3.93. The first kappa shape index (κ1) is 13.7. The predicted molar refractivity (Wildman–Crippen MR) is 77.7 cm³/mol. The molecule has 3 heteroatoms. The van der Waals surface area contributed by atoms with Gasteiger partial charge in [0, 0.05) is 23.7 Å². The Morgan fingerprint density at radius 3 is 2.79 bits per heavy atom. The van der Waals surface area contributed by atoms with Gasteiger partial charge in [-0.05, 0) is 31.0 Å². The van der Waals surface area contributed by atoms with Gasteiger partial charge in [0.05, 0.1) is 6.42 Å². The number of amides is 1. The molecule has 2 rings (SSSR count). The molecule has 1 unspecified atom stereocenters. The van der Waals surface area contributed by atoms with Crippen molar-refractivity contribution in [2.75, 3.05) is 11.4 Å². The topological polar surface area (TPSA) is 40.5 Å². The second-order valence-corrected chi connectivity index (χ2v) is 4.94. The number of carbonyl (C=O) groups is 1. The van der Waals surface area contributed by atoms with Crippen molar-refractivity contribution >= 4 is 11.6 Å². The van der Waals surface area contributed by atoms with Gasteiger partial charge in [0.1, 0.15) is 5.75 Å². The Morgan fingerprint density at radius 2 is 2.21 bits per heavy atom. The fourth-order valence-corrected chi connectivity index (χ4v) is 2.91. The van der Waals surface area contributed by atoms with E-state index < -0.39 is 0 Å². The van der Waals surface area contributed by atoms with Crippen molar-refractivity contribution in [3.05, 3.63) is 35.9 Å². The first-order chi connectivity index (χ1) is 9.13. The minimum absolute atomic E-state index is 0.115. The predicted octanol–water partition coefficient (Wildman–Crippen LogP) is 3.37. The van der Waals surface area contributed by atoms with E-state index in [-0.39, 0.29) is 17.6 Å². The Balaban J connectivity index is 2.54. The summed E-state index contributed by atoms with van der Waals surface area (Å²) in [5.41, 5.74) is 2.81. The van der Waals surface area contributed by atoms with Crippen molar-refractivity contribution in [3.8, 4) is 5.75 Å². The average molecular weight is 259 g/mol. The van der Waals surface area contributed by atoms with Crippen molar-refractivity contribution in [1.29, 1.82) is 0 Å². The van der Waals surface area contributed by atoms with Crippen molar-refractivity contribution in [1.82, 2.24) is 0 Å². The molecular weight excluding hydrogens is 238 g/mol. The SMILES string of the molecule is C=CC(CCC)c1c(O)ccc2c1CC(=O)N2CC. The lowest BCUT2D eigenvalue weighted by Gasteiger charge is -2.19. The smallest absolute Gasteiger partial charge is 0.231 e. The third kappa shape index (κ3) is 2.25. The molecule has 3 nitrogen and oxygen atoms in total. The van der Waals surface area contributed by atoms with Crippen LogP contribution in [-0.4, -0.2) is 17.6 Å². The third-order valence-corrected chi connectivity index (χ3v) is 3.80. The monoisotopic (exact) mass is 259 g/mol. The zero-order chi connectivity index (χ0) is 14.0. The second-order valence-electron chi connectivity index (χ2n) is 4.94. The van der Waals surface area contributed by atoms with Gasteiger partial charge < -0.3 is 10.0 Å². The van der Waals surface area contributed by atoms with Crippen LogP contribution in [-0.2, 0) is 11.2 Å². The molecule has 1 aliphatic heterocycles. The molecule has 0 radical (unpaired) electrons. The Hall–Kier alpha value is -1.77. The van der Waals surface area contributed by atoms with Crippen molar-refractivity contribution in [3.63, 3.8) is 0 Å². The molecule has 19 heavy (non-hydrogen) atoms. The van der Waals surface area contributed by atoms with Crippen LogP contribution in [0.3, 0.4) is 0 Å². The highest BCUT2D eigenvalue weighted by Crippen LogP contribution is 2.41. The van der Waals surface area contributed by atoms with E-state index >= 15 is 0 Å². The molecule has 1 aliphatic rings. The first-order valence-electron chi connectivity index (χ1n) is 6.91. The molecule has 0 bridgehead atoms. The number of aromatic hydroxyl groups is 1. The number of anilines is 1. The van der Waals surface area contributed by atoms with E-state index in [1.807, 2.05) is 19.1 Å². The van der Waals surface area contributed by atoms with Gasteiger partial charge in [-0.2, -0.15) is 0 Å². The molecule has 0 saturated heterocycles. The van der Waals surface area contributed by atoms with Gasteiger partial charge in [0.2, 0.25) is 5.91 Å². The molecule has 1 amide bonds. The summed E-state index contributed by atoms with van der Waals surface area (Å²) in [5, 5.41) is 10.2. The summed E-state index contributed by atoms with van der Waals surface area (Å²) >= 11 is 0. The zero-order valence-electron chi connectivity index (χ0n) is 11.6.